The van der Waals surface area contributed by atoms with Crippen LogP contribution in [0, 0.1) is 11.3 Å². The van der Waals surface area contributed by atoms with Gasteiger partial charge in [-0.05, 0) is 32.9 Å². The molecule has 6 nitrogen and oxygen atoms in total. The van der Waals surface area contributed by atoms with Crippen molar-refractivity contribution >= 4 is 44.0 Å². The highest BCUT2D eigenvalue weighted by Crippen LogP contribution is 2.33. The lowest BCUT2D eigenvalue weighted by molar-refractivity contribution is -0.113. The van der Waals surface area contributed by atoms with Crippen LogP contribution in [-0.4, -0.2) is 22.7 Å². The molecule has 0 aliphatic carbocycles. The average Bonchev–Trinajstić information content (AvgIpc) is 3.23. The van der Waals surface area contributed by atoms with Gasteiger partial charge < -0.3 is 10.1 Å². The first kappa shape index (κ1) is 18.8. The number of nitrogens with zero attached hydrogens (tertiary/aromatic N) is 3. The Kier molecular flexibility index (Phi) is 4.87. The Morgan fingerprint density at radius 1 is 1.24 bits per heavy atom. The summed E-state index contributed by atoms with van der Waals surface area (Å²) in [5, 5.41) is 13.1. The number of ketones is 1. The molecule has 0 bridgehead atoms. The molecule has 0 atom stereocenters. The largest absolute Gasteiger partial charge is 0.491 e. The number of ether oxygens (including phenoxy) is 1. The Bertz CT molecular complexity index is 1230. The number of nitriles is 1. The van der Waals surface area contributed by atoms with Crippen molar-refractivity contribution in [2.75, 3.05) is 0 Å². The maximum atomic E-state index is 11.9. The van der Waals surface area contributed by atoms with Crippen molar-refractivity contribution in [3.63, 3.8) is 0 Å². The molecule has 0 saturated heterocycles. The summed E-state index contributed by atoms with van der Waals surface area (Å²) in [6.07, 6.45) is 0.0887. The molecular weight excluding hydrogens is 384 g/mol. The van der Waals surface area contributed by atoms with Gasteiger partial charge in [0.15, 0.2) is 5.78 Å². The zero-order chi connectivity index (χ0) is 20.5. The van der Waals surface area contributed by atoms with E-state index in [1.807, 2.05) is 62.4 Å². The number of hydrogen-bond acceptors (Lipinski definition) is 6. The fraction of sp³-hybridized carbons (Fsp3) is 0.182. The molecule has 0 fully saturated rings. The molecule has 1 N–H and O–H groups in total. The number of aliphatic imine (C=N–C) groups is 1. The second kappa shape index (κ2) is 7.49. The van der Waals surface area contributed by atoms with Gasteiger partial charge in [0.2, 0.25) is 5.13 Å². The maximum Gasteiger partial charge on any atom is 0.212 e. The van der Waals surface area contributed by atoms with Crippen LogP contribution >= 0.6 is 11.3 Å². The van der Waals surface area contributed by atoms with E-state index >= 15 is 0 Å². The molecule has 2 heterocycles. The van der Waals surface area contributed by atoms with Gasteiger partial charge in [0, 0.05) is 17.2 Å². The minimum absolute atomic E-state index is 0.0856. The van der Waals surface area contributed by atoms with Gasteiger partial charge in [0.05, 0.1) is 22.0 Å². The number of fused-ring (bicyclic) bond motifs is 2. The third kappa shape index (κ3) is 3.62. The molecule has 144 valence electrons. The Morgan fingerprint density at radius 2 is 2.00 bits per heavy atom. The molecule has 1 aliphatic rings. The van der Waals surface area contributed by atoms with Gasteiger partial charge in [-0.15, -0.1) is 0 Å². The van der Waals surface area contributed by atoms with Crippen LogP contribution in [0.5, 0.6) is 5.75 Å². The lowest BCUT2D eigenvalue weighted by Crippen LogP contribution is -2.16. The molecule has 0 unspecified atom stereocenters. The fourth-order valence-corrected chi connectivity index (χ4v) is 3.96. The molecule has 7 heteroatoms. The summed E-state index contributed by atoms with van der Waals surface area (Å²) in [6, 6.07) is 15.3. The molecule has 0 spiro atoms. The summed E-state index contributed by atoms with van der Waals surface area (Å²) >= 11 is 1.47. The molecule has 3 aromatic rings. The van der Waals surface area contributed by atoms with Crippen LogP contribution in [0.3, 0.4) is 0 Å². The average molecular weight is 402 g/mol. The van der Waals surface area contributed by atoms with Gasteiger partial charge >= 0.3 is 0 Å². The first-order valence-corrected chi connectivity index (χ1v) is 9.96. The van der Waals surface area contributed by atoms with Crippen LogP contribution in [0.1, 0.15) is 31.9 Å². The highest BCUT2D eigenvalue weighted by atomic mass is 32.1. The Morgan fingerprint density at radius 3 is 2.69 bits per heavy atom. The normalized spacial score (nSPS) is 15.9. The number of aromatic nitrogens is 1. The molecule has 0 saturated carbocycles. The predicted octanol–water partition coefficient (Wildman–Crippen LogP) is 4.59. The van der Waals surface area contributed by atoms with E-state index < -0.39 is 0 Å². The molecule has 4 rings (SSSR count). The first-order chi connectivity index (χ1) is 14.0. The number of thiazole rings is 1. The minimum Gasteiger partial charge on any atom is -0.491 e. The van der Waals surface area contributed by atoms with Crippen molar-refractivity contribution in [3.05, 3.63) is 59.2 Å². The number of Topliss-reactive ketones (excluding diaryl/α,β-unsaturated/α-hetero) is 1. The summed E-state index contributed by atoms with van der Waals surface area (Å²) < 4.78 is 6.74. The molecule has 2 aromatic carbocycles. The second-order valence-corrected chi connectivity index (χ2v) is 7.85. The number of rotatable bonds is 4. The van der Waals surface area contributed by atoms with Gasteiger partial charge in [-0.25, -0.2) is 9.98 Å². The lowest BCUT2D eigenvalue weighted by Gasteiger charge is -2.08. The topological polar surface area (TPSA) is 87.4 Å². The zero-order valence-electron chi connectivity index (χ0n) is 16.2. The number of amidine groups is 1. The van der Waals surface area contributed by atoms with Crippen molar-refractivity contribution in [1.82, 2.24) is 10.3 Å². The van der Waals surface area contributed by atoms with Crippen molar-refractivity contribution < 1.29 is 9.53 Å². The Hall–Kier alpha value is -3.50. The molecule has 1 aromatic heterocycles. The Labute approximate surface area is 172 Å². The highest BCUT2D eigenvalue weighted by molar-refractivity contribution is 7.22. The molecular formula is C22H18N4O2S. The van der Waals surface area contributed by atoms with Crippen molar-refractivity contribution in [1.29, 1.82) is 5.26 Å². The number of hydrogen-bond donors (Lipinski definition) is 1. The smallest absolute Gasteiger partial charge is 0.212 e. The quantitative estimate of drug-likeness (QED) is 0.509. The van der Waals surface area contributed by atoms with Crippen molar-refractivity contribution in [3.8, 4) is 11.8 Å². The standard InChI is InChI=1S/C22H18N4O2S/c1-12(2)28-14-8-9-19-18(10-14)24-22(29-19)26-21-16-7-5-4-6-15(16)20(25-21)17(11-23)13(3)27/h4-10,12H,1-3H3,(H,24,25,26)/b20-17-. The number of benzene rings is 2. The van der Waals surface area contributed by atoms with Crippen LogP contribution in [0.2, 0.25) is 0 Å². The van der Waals surface area contributed by atoms with Crippen LogP contribution in [0.25, 0.3) is 15.9 Å². The first-order valence-electron chi connectivity index (χ1n) is 9.14. The lowest BCUT2D eigenvalue weighted by atomic mass is 10.0. The van der Waals surface area contributed by atoms with Gasteiger partial charge in [0.25, 0.3) is 0 Å². The van der Waals surface area contributed by atoms with E-state index in [0.29, 0.717) is 16.7 Å². The van der Waals surface area contributed by atoms with E-state index in [0.717, 1.165) is 27.1 Å². The predicted molar refractivity (Wildman–Crippen MR) is 114 cm³/mol. The summed E-state index contributed by atoms with van der Waals surface area (Å²) in [7, 11) is 0. The van der Waals surface area contributed by atoms with Crippen LogP contribution in [0.15, 0.2) is 53.0 Å². The summed E-state index contributed by atoms with van der Waals surface area (Å²) in [4.78, 5) is 21.2. The van der Waals surface area contributed by atoms with E-state index in [-0.39, 0.29) is 17.5 Å². The Balaban J connectivity index is 1.77. The number of nitrogens with one attached hydrogen (secondary N) is 1. The second-order valence-electron chi connectivity index (χ2n) is 6.84. The molecule has 1 aliphatic heterocycles. The highest BCUT2D eigenvalue weighted by Gasteiger charge is 2.26. The zero-order valence-corrected chi connectivity index (χ0v) is 17.0. The van der Waals surface area contributed by atoms with Gasteiger partial charge in [-0.3, -0.25) is 4.79 Å². The summed E-state index contributed by atoms with van der Waals surface area (Å²) in [5.74, 6) is 1.05. The van der Waals surface area contributed by atoms with Crippen molar-refractivity contribution in [2.24, 2.45) is 4.99 Å². The van der Waals surface area contributed by atoms with Crippen LogP contribution < -0.4 is 10.1 Å². The number of carbonyl (C=O) groups excluding carboxylic acids is 1. The van der Waals surface area contributed by atoms with E-state index in [9.17, 15) is 10.1 Å². The van der Waals surface area contributed by atoms with Gasteiger partial charge in [-0.1, -0.05) is 35.6 Å². The molecule has 0 radical (unpaired) electrons. The third-order valence-electron chi connectivity index (χ3n) is 4.34. The van der Waals surface area contributed by atoms with E-state index in [2.05, 4.69) is 15.3 Å². The summed E-state index contributed by atoms with van der Waals surface area (Å²) in [5.41, 5.74) is 3.01. The third-order valence-corrected chi connectivity index (χ3v) is 5.27. The number of carbonyl (C=O) groups is 1. The summed E-state index contributed by atoms with van der Waals surface area (Å²) in [6.45, 7) is 5.34. The monoisotopic (exact) mass is 402 g/mol. The van der Waals surface area contributed by atoms with E-state index in [4.69, 9.17) is 4.74 Å². The fourth-order valence-electron chi connectivity index (χ4n) is 3.14. The SMILES string of the molecule is CC(=O)/C(C#N)=C1\N/C(=N\c2nc3cc(OC(C)C)ccc3s2)c2ccccc21. The molecule has 0 amide bonds. The maximum absolute atomic E-state index is 11.9. The van der Waals surface area contributed by atoms with Gasteiger partial charge in [0.1, 0.15) is 23.2 Å². The van der Waals surface area contributed by atoms with E-state index in [1.54, 1.807) is 0 Å². The number of allylic oxidation sites excluding steroid dienone is 1. The van der Waals surface area contributed by atoms with Gasteiger partial charge in [-0.2, -0.15) is 5.26 Å². The van der Waals surface area contributed by atoms with Crippen LogP contribution in [-0.2, 0) is 4.79 Å². The van der Waals surface area contributed by atoms with Crippen molar-refractivity contribution in [2.45, 2.75) is 26.9 Å². The van der Waals surface area contributed by atoms with E-state index in [1.165, 1.54) is 18.3 Å². The van der Waals surface area contributed by atoms with Crippen LogP contribution in [0.4, 0.5) is 5.13 Å². The molecule has 29 heavy (non-hydrogen) atoms. The minimum atomic E-state index is -0.288.